The van der Waals surface area contributed by atoms with Crippen molar-refractivity contribution < 1.29 is 41.4 Å². The SMILES string of the molecule is Cc1cc(N2CCOC(F)C2)cc(F)c1C(=O)N[C@@H](Cc1ccc(-c2c(C(F)(F)F)cc(C)n(C)c2=O)c2ncccc12)C(=O)O. The second kappa shape index (κ2) is 12.5. The van der Waals surface area contributed by atoms with E-state index in [-0.39, 0.29) is 47.3 Å². The highest BCUT2D eigenvalue weighted by molar-refractivity contribution is 5.99. The molecule has 0 spiro atoms. The Kier molecular flexibility index (Phi) is 8.85. The maximum Gasteiger partial charge on any atom is 0.417 e. The number of amides is 1. The maximum absolute atomic E-state index is 15.2. The predicted octanol–water partition coefficient (Wildman–Crippen LogP) is 4.93. The van der Waals surface area contributed by atoms with Gasteiger partial charge in [-0.1, -0.05) is 18.2 Å². The van der Waals surface area contributed by atoms with Crippen molar-refractivity contribution in [1.82, 2.24) is 14.9 Å². The Morgan fingerprint density at radius 3 is 2.57 bits per heavy atom. The third-order valence-corrected chi connectivity index (χ3v) is 8.02. The van der Waals surface area contributed by atoms with Gasteiger partial charge in [0.15, 0.2) is 0 Å². The third-order valence-electron chi connectivity index (χ3n) is 8.02. The van der Waals surface area contributed by atoms with Crippen LogP contribution in [0.25, 0.3) is 22.0 Å². The minimum atomic E-state index is -4.85. The van der Waals surface area contributed by atoms with Crippen LogP contribution in [0.1, 0.15) is 32.7 Å². The third kappa shape index (κ3) is 6.29. The molecule has 2 aromatic heterocycles. The second-order valence-corrected chi connectivity index (χ2v) is 11.0. The Labute approximate surface area is 259 Å². The average molecular weight is 645 g/mol. The van der Waals surface area contributed by atoms with E-state index in [0.29, 0.717) is 17.8 Å². The number of carbonyl (C=O) groups is 2. The Balaban J connectivity index is 1.49. The highest BCUT2D eigenvalue weighted by atomic mass is 19.4. The summed E-state index contributed by atoms with van der Waals surface area (Å²) in [5, 5.41) is 12.6. The number of fused-ring (bicyclic) bond motifs is 1. The smallest absolute Gasteiger partial charge is 0.417 e. The molecule has 1 amide bonds. The van der Waals surface area contributed by atoms with E-state index in [1.165, 1.54) is 57.4 Å². The summed E-state index contributed by atoms with van der Waals surface area (Å²) in [6.45, 7) is 3.13. The lowest BCUT2D eigenvalue weighted by Gasteiger charge is -2.31. The molecule has 1 unspecified atom stereocenters. The summed E-state index contributed by atoms with van der Waals surface area (Å²) < 4.78 is 77.2. The van der Waals surface area contributed by atoms with Gasteiger partial charge in [0.1, 0.15) is 11.9 Å². The number of aliphatic carboxylic acids is 1. The van der Waals surface area contributed by atoms with Crippen LogP contribution in [-0.2, 0) is 29.2 Å². The molecule has 9 nitrogen and oxygen atoms in total. The molecule has 1 saturated heterocycles. The first-order chi connectivity index (χ1) is 21.7. The molecule has 0 aliphatic carbocycles. The first-order valence-electron chi connectivity index (χ1n) is 14.2. The molecule has 0 bridgehead atoms. The van der Waals surface area contributed by atoms with Gasteiger partial charge in [-0.25, -0.2) is 13.6 Å². The number of hydrogen-bond acceptors (Lipinski definition) is 6. The Hall–Kier alpha value is -4.85. The van der Waals surface area contributed by atoms with E-state index < -0.39 is 58.5 Å². The predicted molar refractivity (Wildman–Crippen MR) is 159 cm³/mol. The normalized spacial score (nSPS) is 16.0. The summed E-state index contributed by atoms with van der Waals surface area (Å²) in [6.07, 6.45) is -5.41. The number of carbonyl (C=O) groups excluding carboxylic acids is 1. The Bertz CT molecular complexity index is 1890. The van der Waals surface area contributed by atoms with E-state index in [1.807, 2.05) is 0 Å². The van der Waals surface area contributed by atoms with Crippen molar-refractivity contribution in [3.05, 3.63) is 92.8 Å². The molecule has 1 aliphatic heterocycles. The van der Waals surface area contributed by atoms with Crippen LogP contribution in [0, 0.1) is 19.7 Å². The van der Waals surface area contributed by atoms with Crippen LogP contribution in [-0.4, -0.2) is 58.6 Å². The number of rotatable bonds is 7. The van der Waals surface area contributed by atoms with E-state index in [1.54, 1.807) is 4.90 Å². The molecule has 3 heterocycles. The van der Waals surface area contributed by atoms with Crippen LogP contribution in [0.3, 0.4) is 0 Å². The van der Waals surface area contributed by atoms with E-state index in [4.69, 9.17) is 4.74 Å². The summed E-state index contributed by atoms with van der Waals surface area (Å²) >= 11 is 0. The fourth-order valence-corrected chi connectivity index (χ4v) is 5.61. The van der Waals surface area contributed by atoms with Gasteiger partial charge in [0, 0.05) is 48.5 Å². The minimum absolute atomic E-state index is 0.0260. The fraction of sp³-hybridized carbons (Fsp3) is 0.312. The van der Waals surface area contributed by atoms with Crippen LogP contribution in [0.2, 0.25) is 0 Å². The van der Waals surface area contributed by atoms with Gasteiger partial charge in [-0.15, -0.1) is 0 Å². The van der Waals surface area contributed by atoms with E-state index >= 15 is 4.39 Å². The molecular formula is C32H29F5N4O5. The van der Waals surface area contributed by atoms with Gasteiger partial charge in [-0.05, 0) is 49.2 Å². The van der Waals surface area contributed by atoms with Gasteiger partial charge in [-0.2, -0.15) is 13.2 Å². The number of nitrogens with one attached hydrogen (secondary N) is 1. The van der Waals surface area contributed by atoms with Crippen LogP contribution in [0.4, 0.5) is 27.6 Å². The molecular weight excluding hydrogens is 615 g/mol. The summed E-state index contributed by atoms with van der Waals surface area (Å²) in [4.78, 5) is 44.4. The van der Waals surface area contributed by atoms with Crippen LogP contribution in [0.15, 0.2) is 53.5 Å². The zero-order valence-electron chi connectivity index (χ0n) is 24.9. The number of pyridine rings is 2. The molecule has 5 rings (SSSR count). The van der Waals surface area contributed by atoms with Gasteiger partial charge >= 0.3 is 12.1 Å². The molecule has 1 fully saturated rings. The zero-order chi connectivity index (χ0) is 33.5. The highest BCUT2D eigenvalue weighted by Gasteiger charge is 2.37. The zero-order valence-corrected chi connectivity index (χ0v) is 24.9. The van der Waals surface area contributed by atoms with Gasteiger partial charge in [0.25, 0.3) is 11.5 Å². The number of carboxylic acid groups (broad SMARTS) is 1. The van der Waals surface area contributed by atoms with Gasteiger partial charge < -0.3 is 24.6 Å². The number of ether oxygens (including phenoxy) is 1. The van der Waals surface area contributed by atoms with E-state index in [9.17, 15) is 37.1 Å². The monoisotopic (exact) mass is 644 g/mol. The maximum atomic E-state index is 15.2. The van der Waals surface area contributed by atoms with Crippen molar-refractivity contribution >= 4 is 28.5 Å². The highest BCUT2D eigenvalue weighted by Crippen LogP contribution is 2.38. The number of carboxylic acids is 1. The summed E-state index contributed by atoms with van der Waals surface area (Å²) in [7, 11) is 1.35. The number of morpholine rings is 1. The number of hydrogen-bond donors (Lipinski definition) is 2. The van der Waals surface area contributed by atoms with Crippen LogP contribution < -0.4 is 15.8 Å². The molecule has 2 atom stereocenters. The minimum Gasteiger partial charge on any atom is -0.480 e. The number of aryl methyl sites for hydroxylation is 2. The molecule has 46 heavy (non-hydrogen) atoms. The van der Waals surface area contributed by atoms with Gasteiger partial charge in [-0.3, -0.25) is 14.6 Å². The molecule has 2 aromatic carbocycles. The van der Waals surface area contributed by atoms with Crippen molar-refractivity contribution in [3.63, 3.8) is 0 Å². The Morgan fingerprint density at radius 1 is 1.17 bits per heavy atom. The summed E-state index contributed by atoms with van der Waals surface area (Å²) in [6, 6.07) is 7.52. The van der Waals surface area contributed by atoms with Crippen molar-refractivity contribution in [2.45, 2.75) is 38.8 Å². The molecule has 242 valence electrons. The first-order valence-corrected chi connectivity index (χ1v) is 14.2. The van der Waals surface area contributed by atoms with Crippen molar-refractivity contribution in [1.29, 1.82) is 0 Å². The number of alkyl halides is 4. The first kappa shape index (κ1) is 32.5. The average Bonchev–Trinajstić information content (AvgIpc) is 2.99. The second-order valence-electron chi connectivity index (χ2n) is 11.0. The van der Waals surface area contributed by atoms with Gasteiger partial charge in [0.2, 0.25) is 6.36 Å². The number of nitrogens with zero attached hydrogens (tertiary/aromatic N) is 3. The lowest BCUT2D eigenvalue weighted by atomic mass is 9.93. The molecule has 1 aliphatic rings. The molecule has 0 saturated carbocycles. The molecule has 14 heteroatoms. The van der Waals surface area contributed by atoms with Crippen molar-refractivity contribution in [2.75, 3.05) is 24.6 Å². The summed E-state index contributed by atoms with van der Waals surface area (Å²) in [5.74, 6) is -3.38. The lowest BCUT2D eigenvalue weighted by Crippen LogP contribution is -2.43. The molecule has 0 radical (unpaired) electrons. The molecule has 4 aromatic rings. The van der Waals surface area contributed by atoms with Gasteiger partial charge in [0.05, 0.1) is 35.4 Å². The van der Waals surface area contributed by atoms with Crippen LogP contribution in [0.5, 0.6) is 0 Å². The number of anilines is 1. The van der Waals surface area contributed by atoms with E-state index in [2.05, 4.69) is 10.3 Å². The topological polar surface area (TPSA) is 114 Å². The summed E-state index contributed by atoms with van der Waals surface area (Å²) in [5.41, 5.74) is -2.15. The fourth-order valence-electron chi connectivity index (χ4n) is 5.61. The van der Waals surface area contributed by atoms with Crippen molar-refractivity contribution in [2.24, 2.45) is 7.05 Å². The quantitative estimate of drug-likeness (QED) is 0.274. The number of benzene rings is 2. The van der Waals surface area contributed by atoms with Crippen LogP contribution >= 0.6 is 0 Å². The largest absolute Gasteiger partial charge is 0.480 e. The molecule has 2 N–H and O–H groups in total. The van der Waals surface area contributed by atoms with E-state index in [0.717, 1.165) is 16.7 Å². The number of halogens is 5. The van der Waals surface area contributed by atoms with Crippen molar-refractivity contribution in [3.8, 4) is 11.1 Å². The number of aromatic nitrogens is 2. The lowest BCUT2D eigenvalue weighted by molar-refractivity contribution is -0.139. The Morgan fingerprint density at radius 2 is 1.91 bits per heavy atom. The standard InChI is InChI=1S/C32H29F5N4O5/c1-16-11-19(41-9-10-46-25(34)15-41)14-23(33)26(16)29(42)39-24(31(44)45)13-18-6-7-21(28-20(18)5-4-8-38-28)27-22(32(35,36)37)12-17(2)40(3)30(27)43/h4-8,11-12,14,24-25H,9-10,13,15H2,1-3H3,(H,39,42)(H,44,45)/t24-,25?/m0/s1.